The molecule has 0 saturated heterocycles. The van der Waals surface area contributed by atoms with Gasteiger partial charge in [0, 0.05) is 5.69 Å². The maximum Gasteiger partial charge on any atom is 0.316 e. The van der Waals surface area contributed by atoms with E-state index in [1.54, 1.807) is 12.1 Å². The zero-order valence-corrected chi connectivity index (χ0v) is 8.01. The zero-order chi connectivity index (χ0) is 9.84. The molecule has 0 saturated carbocycles. The second kappa shape index (κ2) is 4.14. The predicted molar refractivity (Wildman–Crippen MR) is 53.9 cm³/mol. The first-order valence-electron chi connectivity index (χ1n) is 3.90. The summed E-state index contributed by atoms with van der Waals surface area (Å²) >= 11 is 5.85. The van der Waals surface area contributed by atoms with E-state index in [4.69, 9.17) is 17.3 Å². The van der Waals surface area contributed by atoms with Gasteiger partial charge in [0.25, 0.3) is 0 Å². The minimum absolute atomic E-state index is 0.0253. The smallest absolute Gasteiger partial charge is 0.316 e. The molecule has 0 aliphatic rings. The lowest BCUT2D eigenvalue weighted by atomic mass is 10.1. The lowest BCUT2D eigenvalue weighted by molar-refractivity contribution is 0.259. The van der Waals surface area contributed by atoms with Crippen molar-refractivity contribution in [3.8, 4) is 0 Å². The number of nitrogens with two attached hydrogens (primary N) is 1. The average Bonchev–Trinajstić information content (AvgIpc) is 2.04. The van der Waals surface area contributed by atoms with Gasteiger partial charge in [-0.25, -0.2) is 4.79 Å². The Morgan fingerprint density at radius 2 is 2.00 bits per heavy atom. The maximum atomic E-state index is 10.5. The molecule has 0 aliphatic heterocycles. The van der Waals surface area contributed by atoms with Crippen LogP contribution in [0.3, 0.4) is 0 Å². The van der Waals surface area contributed by atoms with Crippen molar-refractivity contribution in [1.82, 2.24) is 0 Å². The number of hydrogen-bond acceptors (Lipinski definition) is 1. The Bertz CT molecular complexity index is 295. The number of benzene rings is 1. The highest BCUT2D eigenvalue weighted by atomic mass is 35.5. The van der Waals surface area contributed by atoms with Crippen LogP contribution >= 0.6 is 11.6 Å². The maximum absolute atomic E-state index is 10.5. The van der Waals surface area contributed by atoms with E-state index in [2.05, 4.69) is 5.32 Å². The number of amides is 2. The van der Waals surface area contributed by atoms with E-state index in [-0.39, 0.29) is 5.38 Å². The Hall–Kier alpha value is -1.22. The summed E-state index contributed by atoms with van der Waals surface area (Å²) in [5.74, 6) is 0. The number of halogens is 1. The van der Waals surface area contributed by atoms with Crippen molar-refractivity contribution >= 4 is 23.3 Å². The molecular weight excluding hydrogens is 188 g/mol. The molecule has 4 heteroatoms. The minimum atomic E-state index is -0.563. The van der Waals surface area contributed by atoms with E-state index < -0.39 is 6.03 Å². The Kier molecular flexibility index (Phi) is 3.14. The lowest BCUT2D eigenvalue weighted by Gasteiger charge is -2.05. The molecule has 1 rings (SSSR count). The van der Waals surface area contributed by atoms with Crippen LogP contribution < -0.4 is 11.1 Å². The van der Waals surface area contributed by atoms with Crippen LogP contribution in [0, 0.1) is 0 Å². The van der Waals surface area contributed by atoms with E-state index >= 15 is 0 Å². The normalized spacial score (nSPS) is 12.2. The largest absolute Gasteiger partial charge is 0.351 e. The molecule has 1 unspecified atom stereocenters. The third-order valence-corrected chi connectivity index (χ3v) is 1.89. The van der Waals surface area contributed by atoms with E-state index in [1.165, 1.54) is 0 Å². The molecule has 70 valence electrons. The van der Waals surface area contributed by atoms with Gasteiger partial charge in [0.05, 0.1) is 5.38 Å². The number of primary amides is 1. The van der Waals surface area contributed by atoms with Crippen LogP contribution in [-0.2, 0) is 0 Å². The molecule has 3 nitrogen and oxygen atoms in total. The fourth-order valence-corrected chi connectivity index (χ4v) is 1.12. The molecule has 13 heavy (non-hydrogen) atoms. The van der Waals surface area contributed by atoms with Crippen LogP contribution in [0.1, 0.15) is 17.9 Å². The van der Waals surface area contributed by atoms with Gasteiger partial charge in [-0.05, 0) is 24.6 Å². The summed E-state index contributed by atoms with van der Waals surface area (Å²) in [5, 5.41) is 2.44. The Balaban J connectivity index is 2.75. The number of urea groups is 1. The van der Waals surface area contributed by atoms with Crippen molar-refractivity contribution in [2.24, 2.45) is 5.73 Å². The number of rotatable bonds is 2. The number of alkyl halides is 1. The van der Waals surface area contributed by atoms with Gasteiger partial charge in [0.2, 0.25) is 0 Å². The fraction of sp³-hybridized carbons (Fsp3) is 0.222. The average molecular weight is 199 g/mol. The van der Waals surface area contributed by atoms with Crippen LogP contribution in [0.4, 0.5) is 10.5 Å². The van der Waals surface area contributed by atoms with Crippen molar-refractivity contribution in [2.75, 3.05) is 5.32 Å². The molecule has 1 aromatic rings. The Labute approximate surface area is 81.9 Å². The van der Waals surface area contributed by atoms with Crippen molar-refractivity contribution in [2.45, 2.75) is 12.3 Å². The van der Waals surface area contributed by atoms with Gasteiger partial charge >= 0.3 is 6.03 Å². The molecule has 0 spiro atoms. The van der Waals surface area contributed by atoms with Gasteiger partial charge in [0.1, 0.15) is 0 Å². The van der Waals surface area contributed by atoms with Crippen LogP contribution in [-0.4, -0.2) is 6.03 Å². The van der Waals surface area contributed by atoms with Gasteiger partial charge in [0.15, 0.2) is 0 Å². The Morgan fingerprint density at radius 1 is 1.46 bits per heavy atom. The van der Waals surface area contributed by atoms with Gasteiger partial charge < -0.3 is 11.1 Å². The molecule has 0 radical (unpaired) electrons. The highest BCUT2D eigenvalue weighted by Crippen LogP contribution is 2.20. The third kappa shape index (κ3) is 2.95. The zero-order valence-electron chi connectivity index (χ0n) is 7.25. The first-order valence-corrected chi connectivity index (χ1v) is 4.33. The lowest BCUT2D eigenvalue weighted by Crippen LogP contribution is -2.19. The highest BCUT2D eigenvalue weighted by molar-refractivity contribution is 6.20. The van der Waals surface area contributed by atoms with Crippen LogP contribution in [0.2, 0.25) is 0 Å². The van der Waals surface area contributed by atoms with E-state index in [0.717, 1.165) is 5.56 Å². The van der Waals surface area contributed by atoms with Crippen molar-refractivity contribution in [1.29, 1.82) is 0 Å². The standard InChI is InChI=1S/C9H11ClN2O/c1-6(10)7-2-4-8(5-3-7)12-9(11)13/h2-6H,1H3,(H3,11,12,13). The number of anilines is 1. The molecular formula is C9H11ClN2O. The summed E-state index contributed by atoms with van der Waals surface area (Å²) < 4.78 is 0. The molecule has 0 aliphatic carbocycles. The van der Waals surface area contributed by atoms with E-state index in [0.29, 0.717) is 5.69 Å². The molecule has 3 N–H and O–H groups in total. The second-order valence-corrected chi connectivity index (χ2v) is 3.38. The summed E-state index contributed by atoms with van der Waals surface area (Å²) in [6.07, 6.45) is 0. The van der Waals surface area contributed by atoms with E-state index in [1.807, 2.05) is 19.1 Å². The topological polar surface area (TPSA) is 55.1 Å². The SMILES string of the molecule is CC(Cl)c1ccc(NC(N)=O)cc1. The number of nitrogens with one attached hydrogen (secondary N) is 1. The Morgan fingerprint density at radius 3 is 2.38 bits per heavy atom. The van der Waals surface area contributed by atoms with Crippen LogP contribution in [0.15, 0.2) is 24.3 Å². The van der Waals surface area contributed by atoms with Crippen LogP contribution in [0.5, 0.6) is 0 Å². The monoisotopic (exact) mass is 198 g/mol. The number of carbonyl (C=O) groups is 1. The second-order valence-electron chi connectivity index (χ2n) is 2.73. The summed E-state index contributed by atoms with van der Waals surface area (Å²) in [7, 11) is 0. The molecule has 0 heterocycles. The molecule has 0 fully saturated rings. The van der Waals surface area contributed by atoms with Crippen LogP contribution in [0.25, 0.3) is 0 Å². The summed E-state index contributed by atoms with van der Waals surface area (Å²) in [4.78, 5) is 10.5. The first kappa shape index (κ1) is 9.86. The van der Waals surface area contributed by atoms with Crippen molar-refractivity contribution in [3.05, 3.63) is 29.8 Å². The predicted octanol–water partition coefficient (Wildman–Crippen LogP) is 2.48. The van der Waals surface area contributed by atoms with Gasteiger partial charge in [-0.15, -0.1) is 11.6 Å². The van der Waals surface area contributed by atoms with Crippen molar-refractivity contribution < 1.29 is 4.79 Å². The minimum Gasteiger partial charge on any atom is -0.351 e. The van der Waals surface area contributed by atoms with E-state index in [9.17, 15) is 4.79 Å². The summed E-state index contributed by atoms with van der Waals surface area (Å²) in [6.45, 7) is 1.89. The summed E-state index contributed by atoms with van der Waals surface area (Å²) in [5.41, 5.74) is 6.63. The highest BCUT2D eigenvalue weighted by Gasteiger charge is 2.00. The number of carbonyl (C=O) groups excluding carboxylic acids is 1. The first-order chi connectivity index (χ1) is 6.09. The number of hydrogen-bond donors (Lipinski definition) is 2. The van der Waals surface area contributed by atoms with Gasteiger partial charge in [-0.2, -0.15) is 0 Å². The van der Waals surface area contributed by atoms with Crippen molar-refractivity contribution in [3.63, 3.8) is 0 Å². The molecule has 0 aromatic heterocycles. The fourth-order valence-electron chi connectivity index (χ4n) is 0.974. The van der Waals surface area contributed by atoms with Gasteiger partial charge in [-0.1, -0.05) is 12.1 Å². The quantitative estimate of drug-likeness (QED) is 0.705. The molecule has 0 bridgehead atoms. The van der Waals surface area contributed by atoms with Gasteiger partial charge in [-0.3, -0.25) is 0 Å². The summed E-state index contributed by atoms with van der Waals surface area (Å²) in [6, 6.07) is 6.66. The third-order valence-electron chi connectivity index (χ3n) is 1.64. The molecule has 1 atom stereocenters. The molecule has 2 amide bonds. The molecule has 1 aromatic carbocycles.